The second-order valence-corrected chi connectivity index (χ2v) is 7.53. The molecule has 2 aliphatic heterocycles. The van der Waals surface area contributed by atoms with Gasteiger partial charge in [-0.3, -0.25) is 9.78 Å². The lowest BCUT2D eigenvalue weighted by molar-refractivity contribution is 0.0932. The van der Waals surface area contributed by atoms with Crippen molar-refractivity contribution in [1.29, 1.82) is 0 Å². The number of rotatable bonds is 4. The van der Waals surface area contributed by atoms with Gasteiger partial charge in [-0.05, 0) is 48.4 Å². The summed E-state index contributed by atoms with van der Waals surface area (Å²) in [7, 11) is 0. The highest BCUT2D eigenvalue weighted by atomic mass is 16.6. The number of ether oxygens (including phenoxy) is 3. The average Bonchev–Trinajstić information content (AvgIpc) is 3.21. The predicted molar refractivity (Wildman–Crippen MR) is 112 cm³/mol. The third kappa shape index (κ3) is 3.56. The quantitative estimate of drug-likeness (QED) is 0.723. The fourth-order valence-electron chi connectivity index (χ4n) is 3.77. The molecule has 1 amide bonds. The standard InChI is InChI=1S/C24H22N2O4/c1-15-5-7-20(25-13-15)19-4-2-3-16-11-18(30-23(16)19)14-26-24(27)17-6-8-21-22(12-17)29-10-9-28-21/h2-8,12-13,18H,9-11,14H2,1H3,(H,26,27)/t18-/m1/s1. The minimum absolute atomic E-state index is 0.118. The van der Waals surface area contributed by atoms with Crippen LogP contribution >= 0.6 is 0 Å². The number of fused-ring (bicyclic) bond motifs is 2. The van der Waals surface area contributed by atoms with Gasteiger partial charge in [0.25, 0.3) is 5.91 Å². The van der Waals surface area contributed by atoms with Gasteiger partial charge in [-0.25, -0.2) is 0 Å². The molecular weight excluding hydrogens is 380 g/mol. The van der Waals surface area contributed by atoms with Crippen molar-refractivity contribution in [2.45, 2.75) is 19.4 Å². The van der Waals surface area contributed by atoms with Crippen LogP contribution < -0.4 is 19.5 Å². The third-order valence-electron chi connectivity index (χ3n) is 5.31. The Bertz CT molecular complexity index is 1090. The molecule has 0 aliphatic carbocycles. The van der Waals surface area contributed by atoms with Crippen molar-refractivity contribution in [3.05, 3.63) is 71.4 Å². The highest BCUT2D eigenvalue weighted by Gasteiger charge is 2.26. The number of para-hydroxylation sites is 1. The van der Waals surface area contributed by atoms with Gasteiger partial charge >= 0.3 is 0 Å². The summed E-state index contributed by atoms with van der Waals surface area (Å²) in [5.74, 6) is 1.97. The lowest BCUT2D eigenvalue weighted by atomic mass is 10.0. The van der Waals surface area contributed by atoms with Gasteiger partial charge in [0.15, 0.2) is 11.5 Å². The molecule has 1 atom stereocenters. The van der Waals surface area contributed by atoms with Crippen molar-refractivity contribution < 1.29 is 19.0 Å². The smallest absolute Gasteiger partial charge is 0.251 e. The van der Waals surface area contributed by atoms with E-state index < -0.39 is 0 Å². The maximum atomic E-state index is 12.6. The van der Waals surface area contributed by atoms with E-state index in [2.05, 4.69) is 16.4 Å². The van der Waals surface area contributed by atoms with Crippen molar-refractivity contribution in [2.75, 3.05) is 19.8 Å². The molecule has 3 aromatic rings. The van der Waals surface area contributed by atoms with Crippen molar-refractivity contribution in [2.24, 2.45) is 0 Å². The summed E-state index contributed by atoms with van der Waals surface area (Å²) in [6.07, 6.45) is 2.48. The minimum Gasteiger partial charge on any atom is -0.487 e. The van der Waals surface area contributed by atoms with Crippen molar-refractivity contribution in [3.63, 3.8) is 0 Å². The summed E-state index contributed by atoms with van der Waals surface area (Å²) in [5.41, 5.74) is 4.66. The van der Waals surface area contributed by atoms with E-state index in [0.717, 1.165) is 34.6 Å². The van der Waals surface area contributed by atoms with Crippen LogP contribution in [-0.4, -0.2) is 36.8 Å². The molecule has 2 aromatic carbocycles. The molecule has 0 radical (unpaired) electrons. The van der Waals surface area contributed by atoms with Crippen LogP contribution in [0.4, 0.5) is 0 Å². The van der Waals surface area contributed by atoms with E-state index in [9.17, 15) is 4.79 Å². The molecule has 152 valence electrons. The van der Waals surface area contributed by atoms with Gasteiger partial charge < -0.3 is 19.5 Å². The number of aromatic nitrogens is 1. The van der Waals surface area contributed by atoms with Crippen LogP contribution in [0.2, 0.25) is 0 Å². The molecule has 30 heavy (non-hydrogen) atoms. The van der Waals surface area contributed by atoms with E-state index in [1.165, 1.54) is 0 Å². The number of benzene rings is 2. The van der Waals surface area contributed by atoms with Gasteiger partial charge in [0, 0.05) is 23.7 Å². The molecule has 1 aromatic heterocycles. The van der Waals surface area contributed by atoms with Crippen LogP contribution in [0, 0.1) is 6.92 Å². The van der Waals surface area contributed by atoms with Gasteiger partial charge in [-0.2, -0.15) is 0 Å². The number of nitrogens with zero attached hydrogens (tertiary/aromatic N) is 1. The minimum atomic E-state index is -0.160. The van der Waals surface area contributed by atoms with Gasteiger partial charge in [0.05, 0.1) is 12.2 Å². The molecule has 0 fully saturated rings. The van der Waals surface area contributed by atoms with E-state index in [0.29, 0.717) is 36.8 Å². The number of nitrogens with one attached hydrogen (secondary N) is 1. The molecule has 5 rings (SSSR count). The molecule has 0 saturated heterocycles. The number of hydrogen-bond acceptors (Lipinski definition) is 5. The van der Waals surface area contributed by atoms with E-state index >= 15 is 0 Å². The SMILES string of the molecule is Cc1ccc(-c2cccc3c2O[C@@H](CNC(=O)c2ccc4c(c2)OCCO4)C3)nc1. The Labute approximate surface area is 174 Å². The molecule has 2 aliphatic rings. The summed E-state index contributed by atoms with van der Waals surface area (Å²) in [5, 5.41) is 2.97. The fourth-order valence-corrected chi connectivity index (χ4v) is 3.77. The van der Waals surface area contributed by atoms with Crippen LogP contribution in [0.1, 0.15) is 21.5 Å². The lowest BCUT2D eigenvalue weighted by Crippen LogP contribution is -2.34. The molecule has 0 bridgehead atoms. The fraction of sp³-hybridized carbons (Fsp3) is 0.250. The third-order valence-corrected chi connectivity index (χ3v) is 5.31. The Balaban J connectivity index is 1.26. The molecule has 6 nitrogen and oxygen atoms in total. The molecule has 0 unspecified atom stereocenters. The van der Waals surface area contributed by atoms with Crippen molar-refractivity contribution in [1.82, 2.24) is 10.3 Å². The normalized spacial score (nSPS) is 16.5. The van der Waals surface area contributed by atoms with Crippen molar-refractivity contribution >= 4 is 5.91 Å². The van der Waals surface area contributed by atoms with Crippen LogP contribution in [0.25, 0.3) is 11.3 Å². The highest BCUT2D eigenvalue weighted by Crippen LogP contribution is 2.38. The molecular formula is C24H22N2O4. The predicted octanol–water partition coefficient (Wildman–Crippen LogP) is 3.56. The Hall–Kier alpha value is -3.54. The van der Waals surface area contributed by atoms with Gasteiger partial charge in [-0.1, -0.05) is 18.2 Å². The first-order chi connectivity index (χ1) is 14.7. The highest BCUT2D eigenvalue weighted by molar-refractivity contribution is 5.95. The zero-order chi connectivity index (χ0) is 20.5. The van der Waals surface area contributed by atoms with Crippen LogP contribution in [0.3, 0.4) is 0 Å². The Morgan fingerprint density at radius 2 is 1.97 bits per heavy atom. The monoisotopic (exact) mass is 402 g/mol. The first-order valence-electron chi connectivity index (χ1n) is 10.1. The summed E-state index contributed by atoms with van der Waals surface area (Å²) in [6.45, 7) is 3.45. The topological polar surface area (TPSA) is 69.7 Å². The molecule has 3 heterocycles. The van der Waals surface area contributed by atoms with Gasteiger partial charge in [0.1, 0.15) is 25.1 Å². The van der Waals surface area contributed by atoms with E-state index in [4.69, 9.17) is 14.2 Å². The summed E-state index contributed by atoms with van der Waals surface area (Å²) in [4.78, 5) is 17.1. The Morgan fingerprint density at radius 3 is 2.80 bits per heavy atom. The zero-order valence-electron chi connectivity index (χ0n) is 16.7. The largest absolute Gasteiger partial charge is 0.487 e. The number of carbonyl (C=O) groups excluding carboxylic acids is 1. The second-order valence-electron chi connectivity index (χ2n) is 7.53. The summed E-state index contributed by atoms with van der Waals surface area (Å²) in [6, 6.07) is 15.4. The lowest BCUT2D eigenvalue weighted by Gasteiger charge is -2.19. The number of pyridine rings is 1. The van der Waals surface area contributed by atoms with Gasteiger partial charge in [-0.15, -0.1) is 0 Å². The van der Waals surface area contributed by atoms with E-state index in [1.54, 1.807) is 18.2 Å². The van der Waals surface area contributed by atoms with Crippen molar-refractivity contribution in [3.8, 4) is 28.5 Å². The first-order valence-corrected chi connectivity index (χ1v) is 10.1. The Morgan fingerprint density at radius 1 is 1.10 bits per heavy atom. The summed E-state index contributed by atoms with van der Waals surface area (Å²) >= 11 is 0. The average molecular weight is 402 g/mol. The number of aryl methyl sites for hydroxylation is 1. The van der Waals surface area contributed by atoms with E-state index in [-0.39, 0.29) is 12.0 Å². The number of carbonyl (C=O) groups is 1. The molecule has 6 heteroatoms. The first kappa shape index (κ1) is 18.5. The second kappa shape index (κ2) is 7.71. The molecule has 0 saturated carbocycles. The molecule has 0 spiro atoms. The van der Waals surface area contributed by atoms with Crippen LogP contribution in [-0.2, 0) is 6.42 Å². The van der Waals surface area contributed by atoms with Crippen LogP contribution in [0.5, 0.6) is 17.2 Å². The zero-order valence-corrected chi connectivity index (χ0v) is 16.7. The maximum Gasteiger partial charge on any atom is 0.251 e. The number of hydrogen-bond donors (Lipinski definition) is 1. The Kier molecular flexibility index (Phi) is 4.75. The van der Waals surface area contributed by atoms with Crippen LogP contribution in [0.15, 0.2) is 54.7 Å². The van der Waals surface area contributed by atoms with Gasteiger partial charge in [0.2, 0.25) is 0 Å². The summed E-state index contributed by atoms with van der Waals surface area (Å²) < 4.78 is 17.3. The number of amides is 1. The van der Waals surface area contributed by atoms with E-state index in [1.807, 2.05) is 37.4 Å². The molecule has 1 N–H and O–H groups in total. The maximum absolute atomic E-state index is 12.6.